The molecule has 1 aromatic heterocycles. The van der Waals surface area contributed by atoms with Crippen LogP contribution in [0.2, 0.25) is 0 Å². The van der Waals surface area contributed by atoms with E-state index in [0.717, 1.165) is 50.6 Å². The van der Waals surface area contributed by atoms with Crippen molar-refractivity contribution in [1.82, 2.24) is 15.5 Å². The minimum atomic E-state index is -0.392. The zero-order valence-electron chi connectivity index (χ0n) is 12.2. The maximum absolute atomic E-state index is 5.62. The number of nitrogens with one attached hydrogen (secondary N) is 1. The van der Waals surface area contributed by atoms with Gasteiger partial charge in [-0.05, 0) is 44.7 Å². The van der Waals surface area contributed by atoms with Crippen LogP contribution >= 0.6 is 0 Å². The lowest BCUT2D eigenvalue weighted by atomic mass is 9.96. The van der Waals surface area contributed by atoms with Crippen molar-refractivity contribution < 1.29 is 9.26 Å². The Morgan fingerprint density at radius 2 is 2.21 bits per heavy atom. The molecule has 1 aliphatic rings. The highest BCUT2D eigenvalue weighted by molar-refractivity contribution is 5.01. The molecule has 0 spiro atoms. The van der Waals surface area contributed by atoms with Crippen molar-refractivity contribution in [2.24, 2.45) is 5.92 Å². The molecule has 108 valence electrons. The molecule has 0 aliphatic carbocycles. The summed E-state index contributed by atoms with van der Waals surface area (Å²) in [5.41, 5.74) is -0.392. The molecular formula is C14H25N3O2. The lowest BCUT2D eigenvalue weighted by molar-refractivity contribution is -0.0306. The largest absolute Gasteiger partial charge is 0.370 e. The lowest BCUT2D eigenvalue weighted by Gasteiger charge is -2.25. The molecule has 1 fully saturated rings. The summed E-state index contributed by atoms with van der Waals surface area (Å²) in [6.45, 7) is 6.44. The average Bonchev–Trinajstić information content (AvgIpc) is 3.11. The number of hydrogen-bond acceptors (Lipinski definition) is 5. The summed E-state index contributed by atoms with van der Waals surface area (Å²) in [6.07, 6.45) is 4.95. The summed E-state index contributed by atoms with van der Waals surface area (Å²) in [7, 11) is 1.72. The molecule has 2 rings (SSSR count). The van der Waals surface area contributed by atoms with Crippen molar-refractivity contribution in [2.45, 2.75) is 51.6 Å². The van der Waals surface area contributed by atoms with Gasteiger partial charge in [0.05, 0.1) is 0 Å². The maximum Gasteiger partial charge on any atom is 0.226 e. The van der Waals surface area contributed by atoms with E-state index in [-0.39, 0.29) is 0 Å². The third kappa shape index (κ3) is 3.15. The first-order chi connectivity index (χ1) is 9.24. The van der Waals surface area contributed by atoms with Crippen molar-refractivity contribution in [3.05, 3.63) is 11.7 Å². The molecule has 2 heterocycles. The molecule has 19 heavy (non-hydrogen) atoms. The first-order valence-electron chi connectivity index (χ1n) is 7.33. The van der Waals surface area contributed by atoms with E-state index in [1.807, 2.05) is 0 Å². The minimum absolute atomic E-state index is 0.392. The molecular weight excluding hydrogens is 242 g/mol. The Morgan fingerprint density at radius 1 is 1.42 bits per heavy atom. The molecule has 1 saturated heterocycles. The average molecular weight is 267 g/mol. The lowest BCUT2D eigenvalue weighted by Crippen LogP contribution is -2.28. The van der Waals surface area contributed by atoms with E-state index < -0.39 is 5.60 Å². The van der Waals surface area contributed by atoms with Crippen LogP contribution in [0.5, 0.6) is 0 Å². The van der Waals surface area contributed by atoms with Crippen LogP contribution in [0.3, 0.4) is 0 Å². The fraction of sp³-hybridized carbons (Fsp3) is 0.857. The van der Waals surface area contributed by atoms with Crippen LogP contribution in [-0.4, -0.2) is 30.3 Å². The molecule has 0 saturated carbocycles. The van der Waals surface area contributed by atoms with E-state index in [1.165, 1.54) is 6.42 Å². The second-order valence-electron chi connectivity index (χ2n) is 5.31. The molecule has 1 aliphatic heterocycles. The zero-order valence-corrected chi connectivity index (χ0v) is 12.2. The van der Waals surface area contributed by atoms with Gasteiger partial charge in [-0.2, -0.15) is 4.98 Å². The van der Waals surface area contributed by atoms with Gasteiger partial charge in [0, 0.05) is 13.5 Å². The van der Waals surface area contributed by atoms with Crippen LogP contribution < -0.4 is 5.32 Å². The topological polar surface area (TPSA) is 60.2 Å². The van der Waals surface area contributed by atoms with Crippen LogP contribution in [0, 0.1) is 5.92 Å². The van der Waals surface area contributed by atoms with E-state index >= 15 is 0 Å². The molecule has 1 unspecified atom stereocenters. The van der Waals surface area contributed by atoms with E-state index in [4.69, 9.17) is 9.26 Å². The summed E-state index contributed by atoms with van der Waals surface area (Å²) in [5, 5.41) is 7.50. The molecule has 1 aromatic rings. The SMILES string of the molecule is CCC(CC)(OC)c1noc(CCC2CCNC2)n1. The van der Waals surface area contributed by atoms with Crippen molar-refractivity contribution in [3.63, 3.8) is 0 Å². The molecule has 0 bridgehead atoms. The number of rotatable bonds is 7. The normalized spacial score (nSPS) is 20.1. The molecule has 5 heteroatoms. The van der Waals surface area contributed by atoms with Gasteiger partial charge in [0.25, 0.3) is 0 Å². The number of ether oxygens (including phenoxy) is 1. The summed E-state index contributed by atoms with van der Waals surface area (Å²) in [5.74, 6) is 2.18. The number of aromatic nitrogens is 2. The molecule has 5 nitrogen and oxygen atoms in total. The zero-order chi connectivity index (χ0) is 13.7. The standard InChI is InChI=1S/C14H25N3O2/c1-4-14(5-2,18-3)13-16-12(19-17-13)7-6-11-8-9-15-10-11/h11,15H,4-10H2,1-3H3. The van der Waals surface area contributed by atoms with Crippen molar-refractivity contribution >= 4 is 0 Å². The summed E-state index contributed by atoms with van der Waals surface area (Å²) in [6, 6.07) is 0. The number of methoxy groups -OCH3 is 1. The van der Waals surface area contributed by atoms with Gasteiger partial charge in [-0.15, -0.1) is 0 Å². The summed E-state index contributed by atoms with van der Waals surface area (Å²) >= 11 is 0. The molecule has 1 atom stereocenters. The fourth-order valence-electron chi connectivity index (χ4n) is 2.78. The monoisotopic (exact) mass is 267 g/mol. The van der Waals surface area contributed by atoms with Crippen molar-refractivity contribution in [1.29, 1.82) is 0 Å². The van der Waals surface area contributed by atoms with Gasteiger partial charge in [0.15, 0.2) is 0 Å². The van der Waals surface area contributed by atoms with Crippen LogP contribution in [-0.2, 0) is 16.8 Å². The van der Waals surface area contributed by atoms with Gasteiger partial charge in [-0.3, -0.25) is 0 Å². The van der Waals surface area contributed by atoms with Crippen molar-refractivity contribution in [3.8, 4) is 0 Å². The van der Waals surface area contributed by atoms with Gasteiger partial charge in [-0.1, -0.05) is 19.0 Å². The Hall–Kier alpha value is -0.940. The third-order valence-electron chi connectivity index (χ3n) is 4.34. The van der Waals surface area contributed by atoms with Crippen molar-refractivity contribution in [2.75, 3.05) is 20.2 Å². The quantitative estimate of drug-likeness (QED) is 0.821. The molecule has 1 N–H and O–H groups in total. The second kappa shape index (κ2) is 6.48. The number of aryl methyl sites for hydroxylation is 1. The van der Waals surface area contributed by atoms with Crippen LogP contribution in [0.1, 0.15) is 51.2 Å². The third-order valence-corrected chi connectivity index (χ3v) is 4.34. The highest BCUT2D eigenvalue weighted by Crippen LogP contribution is 2.30. The van der Waals surface area contributed by atoms with Gasteiger partial charge >= 0.3 is 0 Å². The first-order valence-corrected chi connectivity index (χ1v) is 7.33. The second-order valence-corrected chi connectivity index (χ2v) is 5.31. The highest BCUT2D eigenvalue weighted by atomic mass is 16.5. The van der Waals surface area contributed by atoms with Crippen LogP contribution in [0.15, 0.2) is 4.52 Å². The molecule has 0 amide bonds. The van der Waals surface area contributed by atoms with Gasteiger partial charge in [0.2, 0.25) is 11.7 Å². The number of hydrogen-bond donors (Lipinski definition) is 1. The Bertz CT molecular complexity index is 374. The Morgan fingerprint density at radius 3 is 2.79 bits per heavy atom. The Kier molecular flexibility index (Phi) is 4.93. The van der Waals surface area contributed by atoms with Gasteiger partial charge in [0.1, 0.15) is 5.60 Å². The summed E-state index contributed by atoms with van der Waals surface area (Å²) in [4.78, 5) is 4.53. The van der Waals surface area contributed by atoms with Crippen LogP contribution in [0.25, 0.3) is 0 Å². The van der Waals surface area contributed by atoms with E-state index in [2.05, 4.69) is 29.3 Å². The first kappa shape index (κ1) is 14.5. The minimum Gasteiger partial charge on any atom is -0.370 e. The highest BCUT2D eigenvalue weighted by Gasteiger charge is 2.33. The molecule has 0 aromatic carbocycles. The maximum atomic E-state index is 5.62. The predicted molar refractivity (Wildman–Crippen MR) is 72.9 cm³/mol. The summed E-state index contributed by atoms with van der Waals surface area (Å²) < 4.78 is 11.0. The predicted octanol–water partition coefficient (Wildman–Crippen LogP) is 2.27. The van der Waals surface area contributed by atoms with Crippen LogP contribution in [0.4, 0.5) is 0 Å². The Balaban J connectivity index is 1.97. The fourth-order valence-corrected chi connectivity index (χ4v) is 2.78. The van der Waals surface area contributed by atoms with E-state index in [9.17, 15) is 0 Å². The van der Waals surface area contributed by atoms with E-state index in [0.29, 0.717) is 5.82 Å². The van der Waals surface area contributed by atoms with E-state index in [1.54, 1.807) is 7.11 Å². The van der Waals surface area contributed by atoms with Gasteiger partial charge < -0.3 is 14.6 Å². The Labute approximate surface area is 115 Å². The van der Waals surface area contributed by atoms with Gasteiger partial charge in [-0.25, -0.2) is 0 Å². The number of nitrogens with zero attached hydrogens (tertiary/aromatic N) is 2. The molecule has 0 radical (unpaired) electrons. The smallest absolute Gasteiger partial charge is 0.226 e.